The van der Waals surface area contributed by atoms with Gasteiger partial charge in [-0.3, -0.25) is 9.20 Å². The number of hydrogen-bond donors (Lipinski definition) is 0. The number of carbonyl (C=O) groups excluding carboxylic acids is 1. The van der Waals surface area contributed by atoms with Gasteiger partial charge >= 0.3 is 0 Å². The van der Waals surface area contributed by atoms with Crippen LogP contribution >= 0.6 is 11.3 Å². The number of rotatable bonds is 4. The van der Waals surface area contributed by atoms with Gasteiger partial charge in [-0.2, -0.15) is 4.68 Å². The number of tetrazole rings is 1. The van der Waals surface area contributed by atoms with E-state index in [0.717, 1.165) is 16.3 Å². The number of amides is 1. The van der Waals surface area contributed by atoms with Gasteiger partial charge in [0, 0.05) is 44.0 Å². The van der Waals surface area contributed by atoms with E-state index in [1.165, 1.54) is 0 Å². The number of aromatic nitrogens is 6. The van der Waals surface area contributed by atoms with Gasteiger partial charge in [0.25, 0.3) is 0 Å². The van der Waals surface area contributed by atoms with Crippen LogP contribution in [0.4, 0.5) is 5.95 Å². The van der Waals surface area contributed by atoms with E-state index in [2.05, 4.69) is 25.4 Å². The van der Waals surface area contributed by atoms with Gasteiger partial charge in [0.05, 0.1) is 17.8 Å². The Labute approximate surface area is 164 Å². The molecule has 9 nitrogen and oxygen atoms in total. The molecule has 0 aliphatic carbocycles. The maximum Gasteiger partial charge on any atom is 0.250 e. The molecule has 4 aromatic rings. The van der Waals surface area contributed by atoms with Gasteiger partial charge in [0.1, 0.15) is 0 Å². The summed E-state index contributed by atoms with van der Waals surface area (Å²) in [5, 5.41) is 14.1. The van der Waals surface area contributed by atoms with Crippen molar-refractivity contribution in [2.24, 2.45) is 0 Å². The second-order valence-corrected chi connectivity index (χ2v) is 7.47. The predicted molar refractivity (Wildman–Crippen MR) is 105 cm³/mol. The van der Waals surface area contributed by atoms with E-state index in [9.17, 15) is 4.79 Å². The molecule has 0 saturated carbocycles. The minimum Gasteiger partial charge on any atom is -0.339 e. The second-order valence-electron chi connectivity index (χ2n) is 6.60. The van der Waals surface area contributed by atoms with E-state index < -0.39 is 0 Å². The van der Waals surface area contributed by atoms with Gasteiger partial charge in [0.2, 0.25) is 11.9 Å². The summed E-state index contributed by atoms with van der Waals surface area (Å²) in [7, 11) is 0. The van der Waals surface area contributed by atoms with Gasteiger partial charge in [-0.1, -0.05) is 23.3 Å². The molecule has 142 valence electrons. The van der Waals surface area contributed by atoms with Crippen LogP contribution in [0.15, 0.2) is 48.1 Å². The number of hydrogen-bond acceptors (Lipinski definition) is 7. The molecule has 10 heteroatoms. The molecular weight excluding hydrogens is 376 g/mol. The summed E-state index contributed by atoms with van der Waals surface area (Å²) in [5.74, 6) is 0.806. The number of fused-ring (bicyclic) bond motifs is 1. The third-order valence-electron chi connectivity index (χ3n) is 4.84. The lowest BCUT2D eigenvalue weighted by Gasteiger charge is -2.34. The van der Waals surface area contributed by atoms with E-state index in [1.807, 2.05) is 57.4 Å². The minimum atomic E-state index is 0.105. The van der Waals surface area contributed by atoms with E-state index in [-0.39, 0.29) is 5.91 Å². The maximum absolute atomic E-state index is 12.7. The Balaban J connectivity index is 1.24. The number of carbonyl (C=O) groups is 1. The molecule has 1 aliphatic heterocycles. The molecule has 1 saturated heterocycles. The number of imidazole rings is 1. The third kappa shape index (κ3) is 3.11. The zero-order valence-corrected chi connectivity index (χ0v) is 15.9. The average Bonchev–Trinajstić information content (AvgIpc) is 3.45. The fourth-order valence-electron chi connectivity index (χ4n) is 3.40. The molecule has 0 atom stereocenters. The SMILES string of the molecule is O=C(Cc1cn2ccsc2n1)N1CCN(c2nnnn2-c2ccccc2)CC1. The van der Waals surface area contributed by atoms with Crippen LogP contribution in [0.1, 0.15) is 5.69 Å². The highest BCUT2D eigenvalue weighted by Gasteiger charge is 2.25. The van der Waals surface area contributed by atoms with Crippen molar-refractivity contribution in [3.8, 4) is 5.69 Å². The Morgan fingerprint density at radius 1 is 1.11 bits per heavy atom. The average molecular weight is 394 g/mol. The highest BCUT2D eigenvalue weighted by molar-refractivity contribution is 7.15. The Hall–Kier alpha value is -3.27. The zero-order chi connectivity index (χ0) is 18.9. The van der Waals surface area contributed by atoms with Crippen LogP contribution in [0.3, 0.4) is 0 Å². The molecule has 1 aliphatic rings. The van der Waals surface area contributed by atoms with Crippen LogP contribution in [-0.2, 0) is 11.2 Å². The smallest absolute Gasteiger partial charge is 0.250 e. The van der Waals surface area contributed by atoms with Crippen molar-refractivity contribution in [2.45, 2.75) is 6.42 Å². The third-order valence-corrected chi connectivity index (χ3v) is 5.62. The van der Waals surface area contributed by atoms with Crippen molar-refractivity contribution in [3.63, 3.8) is 0 Å². The van der Waals surface area contributed by atoms with Crippen molar-refractivity contribution in [2.75, 3.05) is 31.1 Å². The fourth-order valence-corrected chi connectivity index (χ4v) is 4.12. The minimum absolute atomic E-state index is 0.105. The van der Waals surface area contributed by atoms with E-state index >= 15 is 0 Å². The van der Waals surface area contributed by atoms with Crippen LogP contribution < -0.4 is 4.90 Å². The van der Waals surface area contributed by atoms with E-state index in [4.69, 9.17) is 0 Å². The number of thiazole rings is 1. The number of nitrogens with zero attached hydrogens (tertiary/aromatic N) is 8. The zero-order valence-electron chi connectivity index (χ0n) is 15.0. The quantitative estimate of drug-likeness (QED) is 0.518. The summed E-state index contributed by atoms with van der Waals surface area (Å²) in [6.07, 6.45) is 4.21. The van der Waals surface area contributed by atoms with Crippen LogP contribution in [0.2, 0.25) is 0 Å². The summed E-state index contributed by atoms with van der Waals surface area (Å²) in [6.45, 7) is 2.67. The summed E-state index contributed by atoms with van der Waals surface area (Å²) in [6, 6.07) is 9.81. The van der Waals surface area contributed by atoms with Gasteiger partial charge < -0.3 is 9.80 Å². The summed E-state index contributed by atoms with van der Waals surface area (Å²) in [4.78, 5) is 22.1. The summed E-state index contributed by atoms with van der Waals surface area (Å²) in [5.41, 5.74) is 1.73. The second kappa shape index (κ2) is 7.04. The number of piperazine rings is 1. The molecule has 0 unspecified atom stereocenters. The molecule has 1 amide bonds. The van der Waals surface area contributed by atoms with Crippen molar-refractivity contribution >= 4 is 28.2 Å². The largest absolute Gasteiger partial charge is 0.339 e. The lowest BCUT2D eigenvalue weighted by molar-refractivity contribution is -0.130. The monoisotopic (exact) mass is 394 g/mol. The molecular formula is C18H18N8OS. The van der Waals surface area contributed by atoms with Crippen LogP contribution in [0.25, 0.3) is 10.6 Å². The maximum atomic E-state index is 12.7. The molecule has 4 heterocycles. The Kier molecular flexibility index (Phi) is 4.24. The molecule has 28 heavy (non-hydrogen) atoms. The van der Waals surface area contributed by atoms with Gasteiger partial charge in [-0.25, -0.2) is 4.98 Å². The van der Waals surface area contributed by atoms with Gasteiger partial charge in [0.15, 0.2) is 4.96 Å². The molecule has 0 spiro atoms. The molecule has 0 N–H and O–H groups in total. The first-order chi connectivity index (χ1) is 13.8. The van der Waals surface area contributed by atoms with Crippen molar-refractivity contribution in [1.82, 2.24) is 34.5 Å². The summed E-state index contributed by atoms with van der Waals surface area (Å²) >= 11 is 1.57. The Bertz CT molecular complexity index is 1060. The lowest BCUT2D eigenvalue weighted by Crippen LogP contribution is -2.50. The van der Waals surface area contributed by atoms with E-state index in [1.54, 1.807) is 16.0 Å². The summed E-state index contributed by atoms with van der Waals surface area (Å²) < 4.78 is 3.68. The first-order valence-corrected chi connectivity index (χ1v) is 9.93. The predicted octanol–water partition coefficient (Wildman–Crippen LogP) is 1.26. The van der Waals surface area contributed by atoms with Crippen molar-refractivity contribution < 1.29 is 4.79 Å². The van der Waals surface area contributed by atoms with Gasteiger partial charge in [-0.05, 0) is 22.6 Å². The lowest BCUT2D eigenvalue weighted by atomic mass is 10.2. The molecule has 0 bridgehead atoms. The topological polar surface area (TPSA) is 84.5 Å². The van der Waals surface area contributed by atoms with E-state index in [0.29, 0.717) is 38.5 Å². The number of anilines is 1. The van der Waals surface area contributed by atoms with Crippen LogP contribution in [0, 0.1) is 0 Å². The number of para-hydroxylation sites is 1. The van der Waals surface area contributed by atoms with Crippen LogP contribution in [0.5, 0.6) is 0 Å². The van der Waals surface area contributed by atoms with Crippen molar-refractivity contribution in [3.05, 3.63) is 53.8 Å². The Morgan fingerprint density at radius 3 is 2.71 bits per heavy atom. The molecule has 0 radical (unpaired) electrons. The highest BCUT2D eigenvalue weighted by Crippen LogP contribution is 2.18. The number of benzene rings is 1. The van der Waals surface area contributed by atoms with Gasteiger partial charge in [-0.15, -0.1) is 11.3 Å². The normalized spacial score (nSPS) is 14.7. The molecule has 1 fully saturated rings. The molecule has 5 rings (SSSR count). The van der Waals surface area contributed by atoms with Crippen LogP contribution in [-0.4, -0.2) is 66.6 Å². The Morgan fingerprint density at radius 2 is 1.93 bits per heavy atom. The van der Waals surface area contributed by atoms with Crippen molar-refractivity contribution in [1.29, 1.82) is 0 Å². The highest BCUT2D eigenvalue weighted by atomic mass is 32.1. The molecule has 1 aromatic carbocycles. The molecule has 3 aromatic heterocycles. The fraction of sp³-hybridized carbons (Fsp3) is 0.278. The first kappa shape index (κ1) is 16.9. The standard InChI is InChI=1S/C18H18N8OS/c27-16(12-14-13-25-10-11-28-18(25)19-14)23-6-8-24(9-7-23)17-20-21-22-26(17)15-4-2-1-3-5-15/h1-5,10-11,13H,6-9,12H2. The first-order valence-electron chi connectivity index (χ1n) is 9.05.